The summed E-state index contributed by atoms with van der Waals surface area (Å²) in [7, 11) is 4.24. The molecule has 2 heterocycles. The molecule has 3 rings (SSSR count). The summed E-state index contributed by atoms with van der Waals surface area (Å²) < 4.78 is 0. The molecule has 0 spiro atoms. The van der Waals surface area contributed by atoms with Crippen molar-refractivity contribution in [1.29, 1.82) is 0 Å². The van der Waals surface area contributed by atoms with Gasteiger partial charge in [-0.05, 0) is 19.1 Å². The van der Waals surface area contributed by atoms with Crippen molar-refractivity contribution in [2.24, 2.45) is 4.99 Å². The first-order valence-corrected chi connectivity index (χ1v) is 7.89. The van der Waals surface area contributed by atoms with E-state index < -0.39 is 0 Å². The summed E-state index contributed by atoms with van der Waals surface area (Å²) in [5.74, 6) is 1.16. The van der Waals surface area contributed by atoms with Crippen LogP contribution in [0.4, 0.5) is 5.69 Å². The van der Waals surface area contributed by atoms with Crippen LogP contribution >= 0.6 is 11.8 Å². The fourth-order valence-corrected chi connectivity index (χ4v) is 3.68. The normalized spacial score (nSPS) is 22.6. The number of nitrogens with zero attached hydrogens (tertiary/aromatic N) is 2. The molecule has 0 unspecified atom stereocenters. The average molecular weight is 290 g/mol. The van der Waals surface area contributed by atoms with E-state index in [0.29, 0.717) is 12.5 Å². The number of hydrogen-bond acceptors (Lipinski definition) is 3. The molecule has 0 aliphatic carbocycles. The topological polar surface area (TPSA) is 37.1 Å². The number of para-hydroxylation sites is 1. The van der Waals surface area contributed by atoms with Crippen molar-refractivity contribution < 1.29 is 9.69 Å². The van der Waals surface area contributed by atoms with E-state index in [1.807, 2.05) is 23.1 Å². The van der Waals surface area contributed by atoms with Gasteiger partial charge in [0.1, 0.15) is 11.9 Å². The van der Waals surface area contributed by atoms with Gasteiger partial charge in [0.15, 0.2) is 0 Å². The number of hydrogen-bond donors (Lipinski definition) is 1. The Kier molecular flexibility index (Phi) is 3.56. The number of amidine groups is 1. The van der Waals surface area contributed by atoms with Crippen molar-refractivity contribution in [2.45, 2.75) is 29.5 Å². The lowest BCUT2D eigenvalue weighted by molar-refractivity contribution is -0.882. The number of benzene rings is 1. The molecule has 20 heavy (non-hydrogen) atoms. The van der Waals surface area contributed by atoms with Crippen LogP contribution < -0.4 is 4.90 Å². The molecule has 0 bridgehead atoms. The zero-order valence-corrected chi connectivity index (χ0v) is 12.9. The highest BCUT2D eigenvalue weighted by Gasteiger charge is 2.40. The first kappa shape index (κ1) is 13.6. The number of amides is 1. The standard InChI is InChI=1S/C15H19N3OS/c1-10(17(2)3)9-18-14(19)8-13-15(18)16-11-6-4-5-7-12(11)20-13/h4-7,10,13H,8-9H2,1-3H3/p+1/t10-,13-/m1/s1. The van der Waals surface area contributed by atoms with E-state index in [0.717, 1.165) is 18.1 Å². The van der Waals surface area contributed by atoms with Gasteiger partial charge >= 0.3 is 0 Å². The molecule has 0 aromatic heterocycles. The van der Waals surface area contributed by atoms with Crippen LogP contribution in [0.15, 0.2) is 34.2 Å². The molecule has 2 aliphatic rings. The van der Waals surface area contributed by atoms with E-state index >= 15 is 0 Å². The smallest absolute Gasteiger partial charge is 0.229 e. The molecule has 1 N–H and O–H groups in total. The lowest BCUT2D eigenvalue weighted by atomic mass is 10.3. The third-order valence-corrected chi connectivity index (χ3v) is 5.30. The molecule has 1 aromatic rings. The van der Waals surface area contributed by atoms with Gasteiger partial charge in [-0.15, -0.1) is 11.8 Å². The lowest BCUT2D eigenvalue weighted by Crippen LogP contribution is -3.10. The second kappa shape index (κ2) is 5.22. The average Bonchev–Trinajstić information content (AvgIpc) is 2.72. The molecule has 2 atom stereocenters. The van der Waals surface area contributed by atoms with Crippen molar-refractivity contribution in [1.82, 2.24) is 4.90 Å². The highest BCUT2D eigenvalue weighted by molar-refractivity contribution is 8.01. The summed E-state index contributed by atoms with van der Waals surface area (Å²) in [6.45, 7) is 2.92. The number of carbonyl (C=O) groups excluding carboxylic acids is 1. The van der Waals surface area contributed by atoms with Gasteiger partial charge < -0.3 is 4.90 Å². The van der Waals surface area contributed by atoms with E-state index in [4.69, 9.17) is 4.99 Å². The Bertz CT molecular complexity index is 570. The predicted octanol–water partition coefficient (Wildman–Crippen LogP) is 0.956. The Morgan fingerprint density at radius 2 is 2.20 bits per heavy atom. The Morgan fingerprint density at radius 1 is 1.45 bits per heavy atom. The number of carbonyl (C=O) groups is 1. The summed E-state index contributed by atoms with van der Waals surface area (Å²) in [6, 6.07) is 8.53. The monoisotopic (exact) mass is 290 g/mol. The van der Waals surface area contributed by atoms with E-state index in [1.165, 1.54) is 9.80 Å². The Morgan fingerprint density at radius 3 is 2.95 bits per heavy atom. The molecule has 1 fully saturated rings. The van der Waals surface area contributed by atoms with E-state index in [9.17, 15) is 4.79 Å². The van der Waals surface area contributed by atoms with Gasteiger partial charge in [-0.25, -0.2) is 4.99 Å². The molecule has 1 aromatic carbocycles. The van der Waals surface area contributed by atoms with Gasteiger partial charge in [0, 0.05) is 11.3 Å². The summed E-state index contributed by atoms with van der Waals surface area (Å²) in [5.41, 5.74) is 0.994. The van der Waals surface area contributed by atoms with Crippen molar-refractivity contribution in [3.63, 3.8) is 0 Å². The van der Waals surface area contributed by atoms with Crippen LogP contribution in [0.2, 0.25) is 0 Å². The zero-order valence-electron chi connectivity index (χ0n) is 12.1. The number of thioether (sulfide) groups is 1. The van der Waals surface area contributed by atoms with Crippen LogP contribution in [-0.4, -0.2) is 48.6 Å². The maximum atomic E-state index is 12.3. The molecule has 0 radical (unpaired) electrons. The highest BCUT2D eigenvalue weighted by atomic mass is 32.2. The van der Waals surface area contributed by atoms with Crippen molar-refractivity contribution >= 4 is 29.2 Å². The summed E-state index contributed by atoms with van der Waals surface area (Å²) in [4.78, 5) is 21.4. The Labute approximate surface area is 123 Å². The summed E-state index contributed by atoms with van der Waals surface area (Å²) in [5, 5.41) is 0.196. The minimum absolute atomic E-state index is 0.196. The molecule has 4 nitrogen and oxygen atoms in total. The van der Waals surface area contributed by atoms with Gasteiger partial charge in [0.05, 0.1) is 31.6 Å². The maximum absolute atomic E-state index is 12.3. The minimum atomic E-state index is 0.196. The van der Waals surface area contributed by atoms with E-state index in [2.05, 4.69) is 27.1 Å². The van der Waals surface area contributed by atoms with Crippen LogP contribution in [-0.2, 0) is 4.79 Å². The quantitative estimate of drug-likeness (QED) is 0.900. The number of likely N-dealkylation sites (N-methyl/N-ethyl adjacent to an activating group) is 1. The third kappa shape index (κ3) is 2.36. The maximum Gasteiger partial charge on any atom is 0.229 e. The van der Waals surface area contributed by atoms with Crippen molar-refractivity contribution in [2.75, 3.05) is 20.6 Å². The molecular formula is C15H20N3OS+. The second-order valence-corrected chi connectivity index (χ2v) is 6.98. The van der Waals surface area contributed by atoms with Crippen LogP contribution in [0, 0.1) is 0 Å². The van der Waals surface area contributed by atoms with Gasteiger partial charge in [-0.3, -0.25) is 9.69 Å². The molecule has 106 valence electrons. The van der Waals surface area contributed by atoms with Crippen molar-refractivity contribution in [3.8, 4) is 0 Å². The summed E-state index contributed by atoms with van der Waals surface area (Å²) >= 11 is 1.77. The van der Waals surface area contributed by atoms with Crippen LogP contribution in [0.3, 0.4) is 0 Å². The van der Waals surface area contributed by atoms with Crippen LogP contribution in [0.25, 0.3) is 0 Å². The van der Waals surface area contributed by atoms with Crippen molar-refractivity contribution in [3.05, 3.63) is 24.3 Å². The third-order valence-electron chi connectivity index (χ3n) is 4.04. The first-order valence-electron chi connectivity index (χ1n) is 7.01. The molecule has 2 aliphatic heterocycles. The molecule has 0 saturated carbocycles. The molecule has 1 saturated heterocycles. The van der Waals surface area contributed by atoms with E-state index in [-0.39, 0.29) is 11.2 Å². The SMILES string of the molecule is C[C@H](CN1C(=O)C[C@H]2Sc3ccccc3N=C21)[NH+](C)C. The highest BCUT2D eigenvalue weighted by Crippen LogP contribution is 2.42. The van der Waals surface area contributed by atoms with Gasteiger partial charge in [0.2, 0.25) is 5.91 Å². The Balaban J connectivity index is 1.89. The zero-order chi connectivity index (χ0) is 14.3. The second-order valence-electron chi connectivity index (χ2n) is 5.73. The number of nitrogens with one attached hydrogen (secondary N) is 1. The fraction of sp³-hybridized carbons (Fsp3) is 0.467. The van der Waals surface area contributed by atoms with Crippen LogP contribution in [0.5, 0.6) is 0 Å². The lowest BCUT2D eigenvalue weighted by Gasteiger charge is -2.26. The predicted molar refractivity (Wildman–Crippen MR) is 81.8 cm³/mol. The number of likely N-dealkylation sites (tertiary alicyclic amines) is 1. The van der Waals surface area contributed by atoms with Gasteiger partial charge in [-0.2, -0.15) is 0 Å². The molecule has 1 amide bonds. The number of rotatable bonds is 3. The molecule has 5 heteroatoms. The summed E-state index contributed by atoms with van der Waals surface area (Å²) in [6.07, 6.45) is 0.577. The minimum Gasteiger partial charge on any atom is -0.336 e. The van der Waals surface area contributed by atoms with Crippen LogP contribution in [0.1, 0.15) is 13.3 Å². The fourth-order valence-electron chi connectivity index (χ4n) is 2.47. The van der Waals surface area contributed by atoms with Gasteiger partial charge in [-0.1, -0.05) is 12.1 Å². The number of quaternary nitrogens is 1. The number of fused-ring (bicyclic) bond motifs is 2. The largest absolute Gasteiger partial charge is 0.336 e. The Hall–Kier alpha value is -1.33. The number of aliphatic imine (C=N–C) groups is 1. The van der Waals surface area contributed by atoms with E-state index in [1.54, 1.807) is 11.8 Å². The molecular weight excluding hydrogens is 270 g/mol. The van der Waals surface area contributed by atoms with Gasteiger partial charge in [0.25, 0.3) is 0 Å². The first-order chi connectivity index (χ1) is 9.56.